The van der Waals surface area contributed by atoms with Gasteiger partial charge >= 0.3 is 0 Å². The first-order valence-corrected chi connectivity index (χ1v) is 3.12. The molecule has 1 heteroatoms. The van der Waals surface area contributed by atoms with Crippen molar-refractivity contribution in [3.63, 3.8) is 0 Å². The Hall–Kier alpha value is -0.720. The smallest absolute Gasteiger partial charge is 0.0981 e. The quantitative estimate of drug-likeness (QED) is 0.417. The van der Waals surface area contributed by atoms with Gasteiger partial charge in [-0.25, -0.2) is 0 Å². The molecule has 0 amide bonds. The largest absolute Gasteiger partial charge is 0.501 e. The molecule has 0 spiro atoms. The summed E-state index contributed by atoms with van der Waals surface area (Å²) in [5, 5.41) is 0. The maximum absolute atomic E-state index is 5.06. The molecule has 0 heterocycles. The van der Waals surface area contributed by atoms with Crippen LogP contribution in [0.15, 0.2) is 24.0 Å². The van der Waals surface area contributed by atoms with Crippen LogP contribution < -0.4 is 0 Å². The number of rotatable bonds is 3. The van der Waals surface area contributed by atoms with Crippen molar-refractivity contribution < 1.29 is 4.74 Å². The van der Waals surface area contributed by atoms with Gasteiger partial charge in [0.25, 0.3) is 0 Å². The van der Waals surface area contributed by atoms with Gasteiger partial charge in [0.15, 0.2) is 0 Å². The van der Waals surface area contributed by atoms with Crippen molar-refractivity contribution in [1.29, 1.82) is 0 Å². The van der Waals surface area contributed by atoms with Crippen molar-refractivity contribution in [3.8, 4) is 0 Å². The zero-order chi connectivity index (χ0) is 7.28. The minimum Gasteiger partial charge on any atom is -0.501 e. The molecule has 1 nitrogen and oxygen atoms in total. The van der Waals surface area contributed by atoms with Gasteiger partial charge in [0.2, 0.25) is 0 Å². The number of allylic oxidation sites excluding steroid dienone is 3. The van der Waals surface area contributed by atoms with Gasteiger partial charge in [-0.2, -0.15) is 0 Å². The Morgan fingerprint density at radius 3 is 2.33 bits per heavy atom. The second-order valence-electron chi connectivity index (χ2n) is 1.87. The van der Waals surface area contributed by atoms with Crippen LogP contribution in [0.4, 0.5) is 0 Å². The van der Waals surface area contributed by atoms with E-state index in [9.17, 15) is 0 Å². The van der Waals surface area contributed by atoms with E-state index in [2.05, 4.69) is 13.5 Å². The Morgan fingerprint density at radius 1 is 1.67 bits per heavy atom. The monoisotopic (exact) mass is 126 g/mol. The molecule has 0 radical (unpaired) electrons. The third-order valence-corrected chi connectivity index (χ3v) is 1.31. The molecule has 0 aromatic heterocycles. The first kappa shape index (κ1) is 8.28. The summed E-state index contributed by atoms with van der Waals surface area (Å²) in [6, 6.07) is 0. The normalized spacial score (nSPS) is 12.3. The molecule has 0 aliphatic rings. The number of hydrogen-bond acceptors (Lipinski definition) is 1. The average molecular weight is 126 g/mol. The van der Waals surface area contributed by atoms with Crippen molar-refractivity contribution in [1.82, 2.24) is 0 Å². The molecule has 9 heavy (non-hydrogen) atoms. The minimum absolute atomic E-state index is 0.939. The molecule has 0 saturated heterocycles. The summed E-state index contributed by atoms with van der Waals surface area (Å²) in [6.45, 7) is 7.70. The van der Waals surface area contributed by atoms with Crippen LogP contribution in [0, 0.1) is 0 Å². The van der Waals surface area contributed by atoms with Crippen LogP contribution in [0.3, 0.4) is 0 Å². The summed E-state index contributed by atoms with van der Waals surface area (Å²) < 4.78 is 5.06. The van der Waals surface area contributed by atoms with Gasteiger partial charge < -0.3 is 4.74 Å². The SMILES string of the molecule is C=C/C(C)=C(/CC)OC. The van der Waals surface area contributed by atoms with Crippen LogP contribution in [0.2, 0.25) is 0 Å². The second kappa shape index (κ2) is 4.19. The predicted molar refractivity (Wildman–Crippen MR) is 40.2 cm³/mol. The lowest BCUT2D eigenvalue weighted by molar-refractivity contribution is 0.277. The van der Waals surface area contributed by atoms with E-state index in [0.717, 1.165) is 17.8 Å². The van der Waals surface area contributed by atoms with E-state index in [1.807, 2.05) is 13.0 Å². The summed E-state index contributed by atoms with van der Waals surface area (Å²) in [5.74, 6) is 1.02. The number of methoxy groups -OCH3 is 1. The summed E-state index contributed by atoms with van der Waals surface area (Å²) in [6.07, 6.45) is 2.75. The molecule has 0 unspecified atom stereocenters. The Morgan fingerprint density at radius 2 is 2.22 bits per heavy atom. The van der Waals surface area contributed by atoms with E-state index in [0.29, 0.717) is 0 Å². The summed E-state index contributed by atoms with van der Waals surface area (Å²) >= 11 is 0. The highest BCUT2D eigenvalue weighted by Gasteiger charge is 1.93. The summed E-state index contributed by atoms with van der Waals surface area (Å²) in [5.41, 5.74) is 1.12. The van der Waals surface area contributed by atoms with Gasteiger partial charge in [-0.3, -0.25) is 0 Å². The lowest BCUT2D eigenvalue weighted by Crippen LogP contribution is -1.86. The molecule has 0 aromatic carbocycles. The standard InChI is InChI=1S/C8H14O/c1-5-7(3)8(6-2)9-4/h5H,1,6H2,2-4H3/b8-7-. The average Bonchev–Trinajstić information content (AvgIpc) is 1.90. The molecule has 0 rings (SSSR count). The fourth-order valence-electron chi connectivity index (χ4n) is 0.698. The molecular weight excluding hydrogens is 112 g/mol. The third kappa shape index (κ3) is 2.36. The lowest BCUT2D eigenvalue weighted by Gasteiger charge is -2.03. The van der Waals surface area contributed by atoms with Gasteiger partial charge in [-0.15, -0.1) is 0 Å². The van der Waals surface area contributed by atoms with E-state index in [4.69, 9.17) is 4.74 Å². The number of hydrogen-bond donors (Lipinski definition) is 0. The summed E-state index contributed by atoms with van der Waals surface area (Å²) in [7, 11) is 1.69. The Kier molecular flexibility index (Phi) is 3.85. The molecule has 0 N–H and O–H groups in total. The van der Waals surface area contributed by atoms with Crippen LogP contribution >= 0.6 is 0 Å². The zero-order valence-corrected chi connectivity index (χ0v) is 6.40. The zero-order valence-electron chi connectivity index (χ0n) is 6.40. The lowest BCUT2D eigenvalue weighted by atomic mass is 10.2. The molecule has 0 aliphatic carbocycles. The van der Waals surface area contributed by atoms with Crippen LogP contribution in [0.1, 0.15) is 20.3 Å². The molecular formula is C8H14O. The highest BCUT2D eigenvalue weighted by atomic mass is 16.5. The van der Waals surface area contributed by atoms with E-state index in [-0.39, 0.29) is 0 Å². The molecule has 0 fully saturated rings. The molecule has 52 valence electrons. The van der Waals surface area contributed by atoms with Crippen molar-refractivity contribution in [2.24, 2.45) is 0 Å². The Bertz CT molecular complexity index is 117. The highest BCUT2D eigenvalue weighted by Crippen LogP contribution is 2.08. The maximum Gasteiger partial charge on any atom is 0.0981 e. The van der Waals surface area contributed by atoms with Crippen molar-refractivity contribution in [3.05, 3.63) is 24.0 Å². The van der Waals surface area contributed by atoms with Crippen LogP contribution in [-0.2, 0) is 4.74 Å². The van der Waals surface area contributed by atoms with Gasteiger partial charge in [-0.1, -0.05) is 19.6 Å². The van der Waals surface area contributed by atoms with Gasteiger partial charge in [0, 0.05) is 6.42 Å². The van der Waals surface area contributed by atoms with Gasteiger partial charge in [0.05, 0.1) is 12.9 Å². The van der Waals surface area contributed by atoms with Crippen LogP contribution in [-0.4, -0.2) is 7.11 Å². The molecule has 0 aromatic rings. The second-order valence-corrected chi connectivity index (χ2v) is 1.87. The highest BCUT2D eigenvalue weighted by molar-refractivity contribution is 5.17. The predicted octanol–water partition coefficient (Wildman–Crippen LogP) is 2.50. The Balaban J connectivity index is 4.17. The first-order chi connectivity index (χ1) is 4.26. The van der Waals surface area contributed by atoms with Gasteiger partial charge in [-0.05, 0) is 12.5 Å². The summed E-state index contributed by atoms with van der Waals surface area (Å²) in [4.78, 5) is 0. The van der Waals surface area contributed by atoms with Crippen LogP contribution in [0.25, 0.3) is 0 Å². The van der Waals surface area contributed by atoms with E-state index < -0.39 is 0 Å². The fourth-order valence-corrected chi connectivity index (χ4v) is 0.698. The maximum atomic E-state index is 5.06. The minimum atomic E-state index is 0.939. The first-order valence-electron chi connectivity index (χ1n) is 3.12. The van der Waals surface area contributed by atoms with Crippen molar-refractivity contribution in [2.75, 3.05) is 7.11 Å². The van der Waals surface area contributed by atoms with Crippen molar-refractivity contribution in [2.45, 2.75) is 20.3 Å². The number of ether oxygens (including phenoxy) is 1. The van der Waals surface area contributed by atoms with E-state index >= 15 is 0 Å². The molecule has 0 bridgehead atoms. The molecule has 0 saturated carbocycles. The molecule has 0 atom stereocenters. The third-order valence-electron chi connectivity index (χ3n) is 1.31. The van der Waals surface area contributed by atoms with Gasteiger partial charge in [0.1, 0.15) is 0 Å². The Labute approximate surface area is 57.0 Å². The van der Waals surface area contributed by atoms with Crippen molar-refractivity contribution >= 4 is 0 Å². The molecule has 0 aliphatic heterocycles. The van der Waals surface area contributed by atoms with E-state index in [1.54, 1.807) is 7.11 Å². The fraction of sp³-hybridized carbons (Fsp3) is 0.500. The van der Waals surface area contributed by atoms with Crippen LogP contribution in [0.5, 0.6) is 0 Å². The van der Waals surface area contributed by atoms with E-state index in [1.165, 1.54) is 0 Å². The topological polar surface area (TPSA) is 9.23 Å².